The number of hydrogen-bond donors (Lipinski definition) is 0. The average molecular weight is 368 g/mol. The molecule has 0 N–H and O–H groups in total. The summed E-state index contributed by atoms with van der Waals surface area (Å²) in [6.45, 7) is 1.90. The largest absolute Gasteiger partial charge is 0.492 e. The second-order valence-electron chi connectivity index (χ2n) is 6.24. The predicted octanol–water partition coefficient (Wildman–Crippen LogP) is 4.75. The Morgan fingerprint density at radius 1 is 0.857 bits per heavy atom. The normalized spacial score (nSPS) is 10.5. The van der Waals surface area contributed by atoms with E-state index in [4.69, 9.17) is 9.73 Å². The molecule has 0 radical (unpaired) electrons. The van der Waals surface area contributed by atoms with Gasteiger partial charge in [-0.1, -0.05) is 66.7 Å². The molecule has 0 spiro atoms. The molecule has 0 atom stereocenters. The van der Waals surface area contributed by atoms with Gasteiger partial charge in [-0.2, -0.15) is 5.10 Å². The summed E-state index contributed by atoms with van der Waals surface area (Å²) in [6.07, 6.45) is 1.53. The molecule has 5 heteroatoms. The Kier molecular flexibility index (Phi) is 4.97. The fourth-order valence-electron chi connectivity index (χ4n) is 3.12. The quantitative estimate of drug-likeness (QED) is 0.478. The fraction of sp³-hybridized carbons (Fsp3) is 0.0870. The van der Waals surface area contributed by atoms with Crippen molar-refractivity contribution in [3.8, 4) is 11.4 Å². The second-order valence-corrected chi connectivity index (χ2v) is 6.24. The third kappa shape index (κ3) is 3.42. The molecular weight excluding hydrogens is 348 g/mol. The smallest absolute Gasteiger partial charge is 0.170 e. The van der Waals surface area contributed by atoms with Crippen LogP contribution in [-0.4, -0.2) is 27.6 Å². The Bertz CT molecular complexity index is 1060. The maximum atomic E-state index is 5.73. The van der Waals surface area contributed by atoms with Crippen LogP contribution in [0.1, 0.15) is 17.0 Å². The molecule has 1 aromatic heterocycles. The van der Waals surface area contributed by atoms with Crippen LogP contribution in [0.2, 0.25) is 0 Å². The maximum Gasteiger partial charge on any atom is 0.170 e. The molecule has 0 saturated heterocycles. The molecule has 3 aromatic carbocycles. The maximum absolute atomic E-state index is 5.73. The van der Waals surface area contributed by atoms with Crippen LogP contribution in [0.15, 0.2) is 90.2 Å². The summed E-state index contributed by atoms with van der Waals surface area (Å²) in [4.78, 5) is 9.21. The molecule has 0 aliphatic carbocycles. The second kappa shape index (κ2) is 7.88. The van der Waals surface area contributed by atoms with E-state index in [0.29, 0.717) is 5.75 Å². The summed E-state index contributed by atoms with van der Waals surface area (Å²) in [6, 6.07) is 26.1. The lowest BCUT2D eigenvalue weighted by atomic mass is 10.0. The van der Waals surface area contributed by atoms with Crippen molar-refractivity contribution in [3.05, 3.63) is 102 Å². The van der Waals surface area contributed by atoms with Crippen LogP contribution in [0.25, 0.3) is 5.69 Å². The molecule has 28 heavy (non-hydrogen) atoms. The standard InChI is InChI=1S/C23H20N4O/c1-17-24-16-25-27(17)21-15-9-14-20(23(21)28-2)26-22(18-10-5-3-6-11-18)19-12-7-4-8-13-19/h3-16H,1-2H3. The predicted molar refractivity (Wildman–Crippen MR) is 111 cm³/mol. The molecule has 0 aliphatic rings. The number of benzene rings is 3. The van der Waals surface area contributed by atoms with Crippen molar-refractivity contribution in [3.63, 3.8) is 0 Å². The van der Waals surface area contributed by atoms with Crippen LogP contribution in [0, 0.1) is 6.92 Å². The highest BCUT2D eigenvalue weighted by atomic mass is 16.5. The van der Waals surface area contributed by atoms with E-state index in [0.717, 1.165) is 34.0 Å². The molecule has 1 heterocycles. The highest BCUT2D eigenvalue weighted by molar-refractivity contribution is 6.14. The van der Waals surface area contributed by atoms with Gasteiger partial charge in [0.05, 0.1) is 12.8 Å². The van der Waals surface area contributed by atoms with Gasteiger partial charge in [-0.05, 0) is 19.1 Å². The topological polar surface area (TPSA) is 52.3 Å². The van der Waals surface area contributed by atoms with Gasteiger partial charge in [0.25, 0.3) is 0 Å². The van der Waals surface area contributed by atoms with Crippen LogP contribution in [0.4, 0.5) is 5.69 Å². The van der Waals surface area contributed by atoms with Gasteiger partial charge in [0.2, 0.25) is 0 Å². The number of aryl methyl sites for hydroxylation is 1. The third-order valence-corrected chi connectivity index (χ3v) is 4.45. The summed E-state index contributed by atoms with van der Waals surface area (Å²) in [7, 11) is 1.65. The van der Waals surface area contributed by atoms with Gasteiger partial charge in [0.1, 0.15) is 23.5 Å². The zero-order valence-electron chi connectivity index (χ0n) is 15.8. The van der Waals surface area contributed by atoms with Crippen LogP contribution < -0.4 is 4.74 Å². The monoisotopic (exact) mass is 368 g/mol. The van der Waals surface area contributed by atoms with Crippen LogP contribution in [0.3, 0.4) is 0 Å². The highest BCUT2D eigenvalue weighted by Crippen LogP contribution is 2.35. The number of hydrogen-bond acceptors (Lipinski definition) is 4. The SMILES string of the molecule is COc1c(N=C(c2ccccc2)c2ccccc2)cccc1-n1ncnc1C. The van der Waals surface area contributed by atoms with Crippen LogP contribution >= 0.6 is 0 Å². The zero-order valence-corrected chi connectivity index (χ0v) is 15.8. The molecule has 0 fully saturated rings. The molecule has 0 saturated carbocycles. The van der Waals surface area contributed by atoms with Crippen molar-refractivity contribution in [2.75, 3.05) is 7.11 Å². The molecule has 4 rings (SSSR count). The van der Waals surface area contributed by atoms with Gasteiger partial charge < -0.3 is 4.74 Å². The minimum Gasteiger partial charge on any atom is -0.492 e. The minimum atomic E-state index is 0.653. The molecule has 0 bridgehead atoms. The fourth-order valence-corrected chi connectivity index (χ4v) is 3.12. The lowest BCUT2D eigenvalue weighted by Crippen LogP contribution is -2.04. The Morgan fingerprint density at radius 3 is 2.04 bits per heavy atom. The lowest BCUT2D eigenvalue weighted by Gasteiger charge is -2.13. The summed E-state index contributed by atoms with van der Waals surface area (Å²) in [5, 5.41) is 4.31. The number of rotatable bonds is 5. The van der Waals surface area contributed by atoms with Crippen molar-refractivity contribution in [2.45, 2.75) is 6.92 Å². The Morgan fingerprint density at radius 2 is 1.50 bits per heavy atom. The van der Waals surface area contributed by atoms with E-state index >= 15 is 0 Å². The van der Waals surface area contributed by atoms with E-state index in [1.165, 1.54) is 6.33 Å². The minimum absolute atomic E-state index is 0.653. The average Bonchev–Trinajstić information content (AvgIpc) is 3.18. The number of para-hydroxylation sites is 1. The first-order valence-electron chi connectivity index (χ1n) is 9.01. The van der Waals surface area contributed by atoms with E-state index in [9.17, 15) is 0 Å². The Hall–Kier alpha value is -3.73. The van der Waals surface area contributed by atoms with Gasteiger partial charge in [-0.25, -0.2) is 14.7 Å². The number of nitrogens with zero attached hydrogens (tertiary/aromatic N) is 4. The number of methoxy groups -OCH3 is 1. The summed E-state index contributed by atoms with van der Waals surface area (Å²) in [5.41, 5.74) is 4.50. The third-order valence-electron chi connectivity index (χ3n) is 4.45. The van der Waals surface area contributed by atoms with Crippen molar-refractivity contribution in [1.82, 2.24) is 14.8 Å². The van der Waals surface area contributed by atoms with Crippen molar-refractivity contribution < 1.29 is 4.74 Å². The summed E-state index contributed by atoms with van der Waals surface area (Å²) >= 11 is 0. The van der Waals surface area contributed by atoms with Crippen molar-refractivity contribution >= 4 is 11.4 Å². The molecule has 4 aromatic rings. The molecule has 0 aliphatic heterocycles. The van der Waals surface area contributed by atoms with Gasteiger partial charge in [-0.3, -0.25) is 0 Å². The van der Waals surface area contributed by atoms with E-state index < -0.39 is 0 Å². The van der Waals surface area contributed by atoms with E-state index in [1.807, 2.05) is 61.5 Å². The van der Waals surface area contributed by atoms with Gasteiger partial charge in [0, 0.05) is 11.1 Å². The van der Waals surface area contributed by atoms with E-state index in [2.05, 4.69) is 34.3 Å². The Balaban J connectivity index is 1.91. The number of aromatic nitrogens is 3. The first-order valence-corrected chi connectivity index (χ1v) is 9.01. The Labute approximate surface area is 164 Å². The molecule has 0 unspecified atom stereocenters. The van der Waals surface area contributed by atoms with Gasteiger partial charge in [0.15, 0.2) is 5.75 Å². The first-order chi connectivity index (χ1) is 13.8. The van der Waals surface area contributed by atoms with Gasteiger partial charge >= 0.3 is 0 Å². The lowest BCUT2D eigenvalue weighted by molar-refractivity contribution is 0.413. The number of ether oxygens (including phenoxy) is 1. The molecule has 138 valence electrons. The molecule has 5 nitrogen and oxygen atoms in total. The van der Waals surface area contributed by atoms with E-state index in [-0.39, 0.29) is 0 Å². The summed E-state index contributed by atoms with van der Waals surface area (Å²) < 4.78 is 7.48. The molecular formula is C23H20N4O. The van der Waals surface area contributed by atoms with Crippen LogP contribution in [-0.2, 0) is 0 Å². The van der Waals surface area contributed by atoms with Crippen molar-refractivity contribution in [2.24, 2.45) is 4.99 Å². The summed E-state index contributed by atoms with van der Waals surface area (Å²) in [5.74, 6) is 1.44. The first kappa shape index (κ1) is 17.7. The van der Waals surface area contributed by atoms with Crippen LogP contribution in [0.5, 0.6) is 5.75 Å². The van der Waals surface area contributed by atoms with Gasteiger partial charge in [-0.15, -0.1) is 0 Å². The number of aliphatic imine (C=N–C) groups is 1. The zero-order chi connectivity index (χ0) is 19.3. The highest BCUT2D eigenvalue weighted by Gasteiger charge is 2.15. The van der Waals surface area contributed by atoms with E-state index in [1.54, 1.807) is 11.8 Å². The van der Waals surface area contributed by atoms with Crippen molar-refractivity contribution in [1.29, 1.82) is 0 Å². The molecule has 0 amide bonds.